The highest BCUT2D eigenvalue weighted by atomic mass is 16.3. The Balaban J connectivity index is 1.21. The highest BCUT2D eigenvalue weighted by Gasteiger charge is 2.60. The molecule has 6 heteroatoms. The molecule has 7 rings (SSSR count). The normalized spacial score (nSPS) is 34.4. The van der Waals surface area contributed by atoms with Gasteiger partial charge in [0.15, 0.2) is 5.82 Å². The first-order chi connectivity index (χ1) is 14.5. The minimum Gasteiger partial charge on any atom is -0.390 e. The third kappa shape index (κ3) is 2.99. The summed E-state index contributed by atoms with van der Waals surface area (Å²) in [6, 6.07) is 8.01. The van der Waals surface area contributed by atoms with E-state index in [2.05, 4.69) is 20.1 Å². The van der Waals surface area contributed by atoms with E-state index in [1.54, 1.807) is 0 Å². The third-order valence-corrected chi connectivity index (χ3v) is 8.02. The van der Waals surface area contributed by atoms with Crippen LogP contribution in [0.3, 0.4) is 0 Å². The van der Waals surface area contributed by atoms with Crippen molar-refractivity contribution < 1.29 is 9.90 Å². The van der Waals surface area contributed by atoms with Crippen LogP contribution in [0.1, 0.15) is 63.6 Å². The summed E-state index contributed by atoms with van der Waals surface area (Å²) in [5.41, 5.74) is 0.860. The number of anilines is 1. The van der Waals surface area contributed by atoms with Gasteiger partial charge in [0.25, 0.3) is 0 Å². The average Bonchev–Trinajstić information content (AvgIpc) is 2.95. The van der Waals surface area contributed by atoms with Gasteiger partial charge in [-0.2, -0.15) is 0 Å². The van der Waals surface area contributed by atoms with Gasteiger partial charge in [0.05, 0.1) is 11.0 Å². The molecule has 1 aromatic carbocycles. The molecular weight excluding hydrogens is 376 g/mol. The van der Waals surface area contributed by atoms with Crippen LogP contribution in [-0.2, 0) is 17.8 Å². The first kappa shape index (κ1) is 18.6. The van der Waals surface area contributed by atoms with E-state index in [0.29, 0.717) is 18.3 Å². The van der Waals surface area contributed by atoms with Crippen LogP contribution in [0.5, 0.6) is 0 Å². The second-order valence-corrected chi connectivity index (χ2v) is 10.4. The number of nitrogens with zero attached hydrogens (tertiary/aromatic N) is 3. The topological polar surface area (TPSA) is 80.0 Å². The van der Waals surface area contributed by atoms with Crippen LogP contribution < -0.4 is 5.32 Å². The number of benzene rings is 1. The molecule has 30 heavy (non-hydrogen) atoms. The van der Waals surface area contributed by atoms with Crippen molar-refractivity contribution in [2.24, 2.45) is 17.3 Å². The van der Waals surface area contributed by atoms with E-state index >= 15 is 0 Å². The van der Waals surface area contributed by atoms with Gasteiger partial charge in [-0.25, -0.2) is 0 Å². The van der Waals surface area contributed by atoms with Crippen LogP contribution in [0.25, 0.3) is 11.4 Å². The fourth-order valence-corrected chi connectivity index (χ4v) is 7.14. The number of aromatic nitrogens is 3. The Kier molecular flexibility index (Phi) is 4.11. The zero-order chi connectivity index (χ0) is 20.3. The van der Waals surface area contributed by atoms with Gasteiger partial charge in [-0.05, 0) is 87.5 Å². The van der Waals surface area contributed by atoms with E-state index in [1.807, 2.05) is 24.3 Å². The van der Waals surface area contributed by atoms with Crippen LogP contribution in [0.15, 0.2) is 24.3 Å². The van der Waals surface area contributed by atoms with Crippen molar-refractivity contribution in [1.82, 2.24) is 14.8 Å². The maximum atomic E-state index is 13.3. The van der Waals surface area contributed by atoms with Gasteiger partial charge in [0, 0.05) is 24.2 Å². The number of fused-ring (bicyclic) bond motifs is 1. The second kappa shape index (κ2) is 6.64. The highest BCUT2D eigenvalue weighted by Crippen LogP contribution is 2.61. The molecule has 2 aromatic rings. The monoisotopic (exact) mass is 406 g/mol. The molecule has 4 bridgehead atoms. The van der Waals surface area contributed by atoms with Gasteiger partial charge >= 0.3 is 0 Å². The van der Waals surface area contributed by atoms with E-state index < -0.39 is 5.60 Å². The lowest BCUT2D eigenvalue weighted by Gasteiger charge is -2.59. The maximum Gasteiger partial charge on any atom is 0.230 e. The van der Waals surface area contributed by atoms with Gasteiger partial charge in [0.2, 0.25) is 5.91 Å². The summed E-state index contributed by atoms with van der Waals surface area (Å²) in [4.78, 5) is 13.3. The lowest BCUT2D eigenvalue weighted by molar-refractivity contribution is -0.174. The van der Waals surface area contributed by atoms with E-state index in [0.717, 1.165) is 61.5 Å². The van der Waals surface area contributed by atoms with Crippen LogP contribution in [0.4, 0.5) is 5.69 Å². The zero-order valence-electron chi connectivity index (χ0n) is 17.4. The van der Waals surface area contributed by atoms with E-state index in [9.17, 15) is 9.90 Å². The summed E-state index contributed by atoms with van der Waals surface area (Å²) >= 11 is 0. The molecule has 6 nitrogen and oxygen atoms in total. The van der Waals surface area contributed by atoms with Crippen LogP contribution in [-0.4, -0.2) is 31.4 Å². The number of aryl methyl sites for hydroxylation is 1. The first-order valence-corrected chi connectivity index (χ1v) is 11.6. The van der Waals surface area contributed by atoms with Crippen molar-refractivity contribution in [1.29, 1.82) is 0 Å². The molecule has 0 saturated heterocycles. The minimum absolute atomic E-state index is 0.0964. The number of hydrogen-bond acceptors (Lipinski definition) is 4. The predicted molar refractivity (Wildman–Crippen MR) is 114 cm³/mol. The standard InChI is InChI=1S/C24H30N4O2/c29-22(23-11-16-10-17(12-23)14-24(30,13-16)15-23)25-19-7-5-18(6-8-19)21-27-26-20-4-2-1-3-9-28(20)21/h5-8,16-17,30H,1-4,9-15H2,(H,25,29)/t16-,17+,23?,24?. The van der Waals surface area contributed by atoms with Crippen LogP contribution in [0, 0.1) is 17.3 Å². The molecule has 1 amide bonds. The van der Waals surface area contributed by atoms with Crippen molar-refractivity contribution in [2.45, 2.75) is 76.4 Å². The second-order valence-electron chi connectivity index (χ2n) is 10.4. The molecule has 0 radical (unpaired) electrons. The molecule has 1 aromatic heterocycles. The fraction of sp³-hybridized carbons (Fsp3) is 0.625. The van der Waals surface area contributed by atoms with Gasteiger partial charge in [-0.15, -0.1) is 10.2 Å². The summed E-state index contributed by atoms with van der Waals surface area (Å²) in [5.74, 6) is 3.12. The number of rotatable bonds is 3. The van der Waals surface area contributed by atoms with Crippen molar-refractivity contribution in [2.75, 3.05) is 5.32 Å². The van der Waals surface area contributed by atoms with Gasteiger partial charge in [0.1, 0.15) is 5.82 Å². The van der Waals surface area contributed by atoms with Crippen LogP contribution in [0.2, 0.25) is 0 Å². The molecule has 2 heterocycles. The van der Waals surface area contributed by atoms with Crippen molar-refractivity contribution in [3.63, 3.8) is 0 Å². The number of aliphatic hydroxyl groups is 1. The lowest BCUT2D eigenvalue weighted by atomic mass is 9.47. The third-order valence-electron chi connectivity index (χ3n) is 8.02. The zero-order valence-corrected chi connectivity index (χ0v) is 17.4. The Morgan fingerprint density at radius 3 is 2.53 bits per heavy atom. The summed E-state index contributed by atoms with van der Waals surface area (Å²) in [7, 11) is 0. The lowest BCUT2D eigenvalue weighted by Crippen LogP contribution is -2.59. The maximum absolute atomic E-state index is 13.3. The largest absolute Gasteiger partial charge is 0.390 e. The van der Waals surface area contributed by atoms with E-state index in [1.165, 1.54) is 25.7 Å². The minimum atomic E-state index is -0.614. The quantitative estimate of drug-likeness (QED) is 0.809. The molecule has 1 aliphatic heterocycles. The fourth-order valence-electron chi connectivity index (χ4n) is 7.14. The van der Waals surface area contributed by atoms with E-state index in [-0.39, 0.29) is 11.3 Å². The SMILES string of the molecule is O=C(Nc1ccc(-c2nnc3n2CCCCC3)cc1)C12C[C@@H]3C[C@@H](CC(O)(C3)C1)C2. The first-order valence-electron chi connectivity index (χ1n) is 11.6. The Morgan fingerprint density at radius 2 is 1.80 bits per heavy atom. The molecule has 0 spiro atoms. The van der Waals surface area contributed by atoms with Gasteiger partial charge in [-0.1, -0.05) is 6.42 Å². The smallest absolute Gasteiger partial charge is 0.230 e. The summed E-state index contributed by atoms with van der Waals surface area (Å²) in [5, 5.41) is 22.9. The molecule has 4 saturated carbocycles. The Labute approximate surface area is 177 Å². The Hall–Kier alpha value is -2.21. The van der Waals surface area contributed by atoms with Crippen molar-refractivity contribution >= 4 is 11.6 Å². The molecule has 158 valence electrons. The Bertz CT molecular complexity index is 966. The van der Waals surface area contributed by atoms with E-state index in [4.69, 9.17) is 0 Å². The van der Waals surface area contributed by atoms with Crippen LogP contribution >= 0.6 is 0 Å². The average molecular weight is 407 g/mol. The molecular formula is C24H30N4O2. The van der Waals surface area contributed by atoms with Crippen molar-refractivity contribution in [3.05, 3.63) is 30.1 Å². The van der Waals surface area contributed by atoms with Gasteiger partial charge in [-0.3, -0.25) is 4.79 Å². The molecule has 5 aliphatic rings. The Morgan fingerprint density at radius 1 is 1.03 bits per heavy atom. The molecule has 4 fully saturated rings. The summed E-state index contributed by atoms with van der Waals surface area (Å²) in [6.07, 6.45) is 10.0. The highest BCUT2D eigenvalue weighted by molar-refractivity contribution is 5.96. The number of carbonyl (C=O) groups excluding carboxylic acids is 1. The number of hydrogen-bond donors (Lipinski definition) is 2. The number of nitrogens with one attached hydrogen (secondary N) is 1. The molecule has 2 unspecified atom stereocenters. The number of carbonyl (C=O) groups is 1. The number of amides is 1. The summed E-state index contributed by atoms with van der Waals surface area (Å²) < 4.78 is 2.25. The predicted octanol–water partition coefficient (Wildman–Crippen LogP) is 3.94. The molecule has 2 N–H and O–H groups in total. The summed E-state index contributed by atoms with van der Waals surface area (Å²) in [6.45, 7) is 0.976. The molecule has 4 aliphatic carbocycles. The van der Waals surface area contributed by atoms with Gasteiger partial charge < -0.3 is 15.0 Å². The van der Waals surface area contributed by atoms with Crippen molar-refractivity contribution in [3.8, 4) is 11.4 Å². The molecule has 4 atom stereocenters.